The molecule has 2 aromatic carbocycles. The zero-order valence-electron chi connectivity index (χ0n) is 22.6. The first-order valence-electron chi connectivity index (χ1n) is 13.5. The Hall–Kier alpha value is -2.89. The smallest absolute Gasteiger partial charge is 0.230 e. The summed E-state index contributed by atoms with van der Waals surface area (Å²) >= 11 is 0. The fraction of sp³-hybridized carbons (Fsp3) is 0.333. The average Bonchev–Trinajstić information content (AvgIpc) is 3.80. The molecule has 0 spiro atoms. The number of nitrogens with one attached hydrogen (secondary N) is 2. The van der Waals surface area contributed by atoms with Crippen LogP contribution in [0.5, 0.6) is 11.5 Å². The number of H-pyrrole nitrogens is 1. The maximum absolute atomic E-state index is 12.8. The van der Waals surface area contributed by atoms with E-state index >= 15 is 0 Å². The van der Waals surface area contributed by atoms with E-state index in [2.05, 4.69) is 27.0 Å². The molecule has 2 aliphatic rings. The van der Waals surface area contributed by atoms with Gasteiger partial charge in [-0.05, 0) is 17.0 Å². The van der Waals surface area contributed by atoms with Crippen molar-refractivity contribution in [2.75, 3.05) is 25.6 Å². The van der Waals surface area contributed by atoms with E-state index in [1.165, 1.54) is 0 Å². The van der Waals surface area contributed by atoms with Gasteiger partial charge in [0.25, 0.3) is 0 Å². The Labute approximate surface area is 268 Å². The van der Waals surface area contributed by atoms with Crippen molar-refractivity contribution in [1.82, 2.24) is 20.0 Å². The standard InChI is InChI=1S/C30H32N5O5.Ho/c1-37-23-14-25(29(30-38-11-12-39-30)26(15-23)40-19-20-7-3-2-4-8-20)35-18-21(17-31-35)13-28(36)32-27-16-24(33-34-27)22-9-5-6-10-22;/h2-5,7-8,14-18,22,30H,6,9-13,19H2,1H3,(H2,32,33,34,36);/q-1;. The molecule has 2 fully saturated rings. The molecule has 11 heteroatoms. The minimum absolute atomic E-state index is 0. The summed E-state index contributed by atoms with van der Waals surface area (Å²) in [6.07, 6.45) is 8.57. The summed E-state index contributed by atoms with van der Waals surface area (Å²) in [5.41, 5.74) is 4.23. The zero-order valence-corrected chi connectivity index (χ0v) is 24.6. The van der Waals surface area contributed by atoms with Crippen molar-refractivity contribution < 1.29 is 61.5 Å². The Morgan fingerprint density at radius 1 is 1.17 bits per heavy atom. The quantitative estimate of drug-likeness (QED) is 0.179. The molecular formula is C30H32HoN5O5-. The molecule has 2 N–H and O–H groups in total. The molecule has 1 unspecified atom stereocenters. The first-order valence-corrected chi connectivity index (χ1v) is 13.5. The summed E-state index contributed by atoms with van der Waals surface area (Å²) in [6.45, 7) is 1.32. The number of hydrogen-bond donors (Lipinski definition) is 2. The van der Waals surface area contributed by atoms with Gasteiger partial charge in [-0.25, -0.2) is 4.68 Å². The number of methoxy groups -OCH3 is 1. The molecule has 1 aliphatic carbocycles. The van der Waals surface area contributed by atoms with Crippen molar-refractivity contribution in [2.24, 2.45) is 0 Å². The first-order chi connectivity index (χ1) is 19.7. The third kappa shape index (κ3) is 7.13. The number of nitrogens with zero attached hydrogens (tertiary/aromatic N) is 3. The third-order valence-corrected chi connectivity index (χ3v) is 7.15. The largest absolute Gasteiger partial charge is 0.497 e. The normalized spacial score (nSPS) is 16.9. The summed E-state index contributed by atoms with van der Waals surface area (Å²) in [5, 5.41) is 14.8. The predicted octanol–water partition coefficient (Wildman–Crippen LogP) is 4.88. The second kappa shape index (κ2) is 13.8. The summed E-state index contributed by atoms with van der Waals surface area (Å²) in [5.74, 6) is 1.99. The Balaban J connectivity index is 0.00000337. The molecule has 1 atom stereocenters. The summed E-state index contributed by atoms with van der Waals surface area (Å²) in [6, 6.07) is 15.5. The Morgan fingerprint density at radius 3 is 2.76 bits per heavy atom. The Kier molecular flexibility index (Phi) is 10.00. The molecule has 1 radical (unpaired) electrons. The third-order valence-electron chi connectivity index (χ3n) is 7.15. The van der Waals surface area contributed by atoms with Gasteiger partial charge < -0.3 is 30.7 Å². The number of benzene rings is 2. The van der Waals surface area contributed by atoms with Gasteiger partial charge in [0.05, 0.1) is 44.2 Å². The number of amides is 1. The van der Waals surface area contributed by atoms with E-state index in [1.54, 1.807) is 18.0 Å². The van der Waals surface area contributed by atoms with Crippen LogP contribution in [0.3, 0.4) is 0 Å². The summed E-state index contributed by atoms with van der Waals surface area (Å²) in [4.78, 5) is 12.8. The Morgan fingerprint density at radius 2 is 2.00 bits per heavy atom. The molecule has 1 aliphatic heterocycles. The van der Waals surface area contributed by atoms with Crippen LogP contribution >= 0.6 is 0 Å². The topological polar surface area (TPSA) is 113 Å². The van der Waals surface area contributed by atoms with Crippen LogP contribution in [0.4, 0.5) is 5.82 Å². The van der Waals surface area contributed by atoms with Gasteiger partial charge in [-0.15, -0.1) is 0 Å². The number of carbonyl (C=O) groups excluding carboxylic acids is 1. The maximum atomic E-state index is 12.8. The number of aromatic nitrogens is 4. The number of hydrogen-bond acceptors (Lipinski definition) is 7. The van der Waals surface area contributed by atoms with Gasteiger partial charge in [0.1, 0.15) is 18.1 Å². The second-order valence-corrected chi connectivity index (χ2v) is 9.93. The molecule has 6 rings (SSSR count). The predicted molar refractivity (Wildman–Crippen MR) is 147 cm³/mol. The van der Waals surface area contributed by atoms with Gasteiger partial charge in [-0.2, -0.15) is 23.0 Å². The average molecular weight is 708 g/mol. The molecule has 1 saturated heterocycles. The van der Waals surface area contributed by atoms with Gasteiger partial charge >= 0.3 is 0 Å². The van der Waals surface area contributed by atoms with Crippen molar-refractivity contribution in [3.63, 3.8) is 0 Å². The van der Waals surface area contributed by atoms with Crippen LogP contribution in [0.25, 0.3) is 5.69 Å². The molecule has 41 heavy (non-hydrogen) atoms. The van der Waals surface area contributed by atoms with Gasteiger partial charge in [0, 0.05) is 67.8 Å². The molecule has 2 aromatic heterocycles. The summed E-state index contributed by atoms with van der Waals surface area (Å²) < 4.78 is 25.3. The van der Waals surface area contributed by atoms with E-state index in [9.17, 15) is 4.79 Å². The minimum atomic E-state index is -0.617. The van der Waals surface area contributed by atoms with Gasteiger partial charge in [0.15, 0.2) is 12.1 Å². The first kappa shape index (κ1) is 29.6. The molecule has 219 valence electrons. The number of anilines is 1. The van der Waals surface area contributed by atoms with E-state index in [1.807, 2.05) is 54.7 Å². The van der Waals surface area contributed by atoms with Gasteiger partial charge in [0.2, 0.25) is 5.91 Å². The van der Waals surface area contributed by atoms with Crippen molar-refractivity contribution in [2.45, 2.75) is 44.5 Å². The minimum Gasteiger partial charge on any atom is -0.497 e. The fourth-order valence-corrected chi connectivity index (χ4v) is 5.12. The van der Waals surface area contributed by atoms with E-state index in [0.717, 1.165) is 36.1 Å². The molecule has 1 saturated carbocycles. The van der Waals surface area contributed by atoms with Crippen molar-refractivity contribution in [1.29, 1.82) is 0 Å². The number of aromatic amines is 1. The van der Waals surface area contributed by atoms with Crippen LogP contribution in [0.1, 0.15) is 53.9 Å². The Bertz CT molecular complexity index is 1440. The van der Waals surface area contributed by atoms with E-state index in [-0.39, 0.29) is 50.1 Å². The van der Waals surface area contributed by atoms with E-state index in [4.69, 9.17) is 18.9 Å². The SMILES string of the molecule is COc1cc(OCc2ccccc2)c(C2OCCO2)c(-n2cc(CC(=O)Nc3cc(C4C[CH-]CC4)[nH]n3)cn2)c1.[Ho]. The monoisotopic (exact) mass is 707 g/mol. The second-order valence-electron chi connectivity index (χ2n) is 9.93. The molecule has 0 bridgehead atoms. The molecule has 4 aromatic rings. The molecule has 1 amide bonds. The summed E-state index contributed by atoms with van der Waals surface area (Å²) in [7, 11) is 1.60. The van der Waals surface area contributed by atoms with Crippen LogP contribution in [0.2, 0.25) is 0 Å². The van der Waals surface area contributed by atoms with Crippen LogP contribution in [0.15, 0.2) is 60.9 Å². The molecule has 10 nitrogen and oxygen atoms in total. The van der Waals surface area contributed by atoms with Gasteiger partial charge in [-0.1, -0.05) is 36.8 Å². The fourth-order valence-electron chi connectivity index (χ4n) is 5.12. The van der Waals surface area contributed by atoms with Crippen molar-refractivity contribution >= 4 is 11.7 Å². The number of ether oxygens (including phenoxy) is 4. The number of carbonyl (C=O) groups is 1. The number of rotatable bonds is 10. The zero-order chi connectivity index (χ0) is 27.3. The van der Waals surface area contributed by atoms with E-state index in [0.29, 0.717) is 54.3 Å². The van der Waals surface area contributed by atoms with Crippen LogP contribution < -0.4 is 14.8 Å². The maximum Gasteiger partial charge on any atom is 0.230 e. The van der Waals surface area contributed by atoms with Crippen molar-refractivity contribution in [3.05, 3.63) is 89.7 Å². The van der Waals surface area contributed by atoms with Crippen LogP contribution in [-0.4, -0.2) is 46.2 Å². The van der Waals surface area contributed by atoms with Gasteiger partial charge in [-0.3, -0.25) is 9.89 Å². The van der Waals surface area contributed by atoms with E-state index < -0.39 is 6.29 Å². The molecule has 3 heterocycles. The van der Waals surface area contributed by atoms with Crippen molar-refractivity contribution in [3.8, 4) is 17.2 Å². The van der Waals surface area contributed by atoms with Crippen LogP contribution in [0, 0.1) is 44.2 Å². The van der Waals surface area contributed by atoms with Crippen LogP contribution in [-0.2, 0) is 27.3 Å². The molecular weight excluding hydrogens is 675 g/mol.